The SMILES string of the molecule is CNc1nc([C@@H]2CCCCN2C(=O)c2c(C(C)C)noc2C)nc2c1CCN(C(C)=O)C2. The van der Waals surface area contributed by atoms with Crippen molar-refractivity contribution in [2.45, 2.75) is 71.9 Å². The Balaban J connectivity index is 1.72. The number of fused-ring (bicyclic) bond motifs is 1. The number of nitrogens with one attached hydrogen (secondary N) is 1. The summed E-state index contributed by atoms with van der Waals surface area (Å²) in [5.74, 6) is 2.02. The Hall–Kier alpha value is -2.97. The van der Waals surface area contributed by atoms with Crippen molar-refractivity contribution in [1.82, 2.24) is 24.9 Å². The van der Waals surface area contributed by atoms with Crippen LogP contribution < -0.4 is 5.32 Å². The van der Waals surface area contributed by atoms with Gasteiger partial charge in [-0.2, -0.15) is 0 Å². The third kappa shape index (κ3) is 3.96. The van der Waals surface area contributed by atoms with Crippen LogP contribution in [0.2, 0.25) is 0 Å². The molecule has 2 aliphatic rings. The lowest BCUT2D eigenvalue weighted by atomic mass is 9.97. The number of carbonyl (C=O) groups is 2. The molecule has 2 aromatic rings. The zero-order chi connectivity index (χ0) is 23.0. The van der Waals surface area contributed by atoms with Gasteiger partial charge in [0.2, 0.25) is 5.91 Å². The number of piperidine rings is 1. The summed E-state index contributed by atoms with van der Waals surface area (Å²) < 4.78 is 5.38. The number of rotatable bonds is 4. The number of anilines is 1. The molecule has 172 valence electrons. The van der Waals surface area contributed by atoms with E-state index < -0.39 is 0 Å². The summed E-state index contributed by atoms with van der Waals surface area (Å²) in [7, 11) is 1.85. The normalized spacial score (nSPS) is 18.6. The fourth-order valence-corrected chi connectivity index (χ4v) is 4.70. The first-order valence-corrected chi connectivity index (χ1v) is 11.4. The molecule has 1 atom stereocenters. The van der Waals surface area contributed by atoms with Crippen LogP contribution in [0.3, 0.4) is 0 Å². The van der Waals surface area contributed by atoms with Gasteiger partial charge in [-0.05, 0) is 38.5 Å². The summed E-state index contributed by atoms with van der Waals surface area (Å²) in [6.45, 7) is 9.16. The zero-order valence-electron chi connectivity index (χ0n) is 19.6. The molecule has 0 bridgehead atoms. The van der Waals surface area contributed by atoms with Crippen LogP contribution >= 0.6 is 0 Å². The van der Waals surface area contributed by atoms with Crippen LogP contribution in [0.5, 0.6) is 0 Å². The first kappa shape index (κ1) is 22.2. The van der Waals surface area contributed by atoms with Gasteiger partial charge in [0.05, 0.1) is 24.0 Å². The predicted octanol–water partition coefficient (Wildman–Crippen LogP) is 3.21. The molecule has 2 amide bonds. The van der Waals surface area contributed by atoms with Crippen molar-refractivity contribution in [2.24, 2.45) is 0 Å². The Morgan fingerprint density at radius 2 is 1.97 bits per heavy atom. The predicted molar refractivity (Wildman–Crippen MR) is 119 cm³/mol. The van der Waals surface area contributed by atoms with E-state index in [0.29, 0.717) is 42.5 Å². The molecule has 32 heavy (non-hydrogen) atoms. The average Bonchev–Trinajstić information content (AvgIpc) is 3.19. The Morgan fingerprint density at radius 3 is 2.66 bits per heavy atom. The Morgan fingerprint density at radius 1 is 1.19 bits per heavy atom. The lowest BCUT2D eigenvalue weighted by molar-refractivity contribution is -0.129. The van der Waals surface area contributed by atoms with Gasteiger partial charge in [-0.1, -0.05) is 19.0 Å². The molecule has 4 rings (SSSR count). The summed E-state index contributed by atoms with van der Waals surface area (Å²) in [5, 5.41) is 7.34. The minimum Gasteiger partial charge on any atom is -0.373 e. The first-order valence-electron chi connectivity index (χ1n) is 11.4. The molecule has 2 aromatic heterocycles. The maximum atomic E-state index is 13.7. The van der Waals surface area contributed by atoms with Gasteiger partial charge in [0.25, 0.3) is 5.91 Å². The zero-order valence-corrected chi connectivity index (χ0v) is 19.6. The summed E-state index contributed by atoms with van der Waals surface area (Å²) in [4.78, 5) is 39.0. The van der Waals surface area contributed by atoms with Crippen molar-refractivity contribution in [1.29, 1.82) is 0 Å². The molecule has 0 saturated carbocycles. The second-order valence-corrected chi connectivity index (χ2v) is 8.96. The highest BCUT2D eigenvalue weighted by Gasteiger charge is 2.35. The van der Waals surface area contributed by atoms with Crippen molar-refractivity contribution in [3.63, 3.8) is 0 Å². The molecule has 9 heteroatoms. The summed E-state index contributed by atoms with van der Waals surface area (Å²) in [6, 6.07) is -0.226. The fraction of sp³-hybridized carbons (Fsp3) is 0.609. The van der Waals surface area contributed by atoms with Crippen molar-refractivity contribution in [2.75, 3.05) is 25.5 Å². The van der Waals surface area contributed by atoms with E-state index in [1.807, 2.05) is 25.8 Å². The second-order valence-electron chi connectivity index (χ2n) is 8.96. The lowest BCUT2D eigenvalue weighted by Crippen LogP contribution is -2.41. The standard InChI is InChI=1S/C23H32N6O3/c1-13(2)20-19(14(3)32-27-20)23(31)29-10-7-6-8-18(29)22-25-17-12-28(15(4)30)11-9-16(17)21(24-5)26-22/h13,18H,6-12H2,1-5H3,(H,24,25,26)/t18-/m0/s1. The van der Waals surface area contributed by atoms with Crippen LogP contribution in [0.15, 0.2) is 4.52 Å². The van der Waals surface area contributed by atoms with Gasteiger partial charge in [0.15, 0.2) is 5.82 Å². The van der Waals surface area contributed by atoms with E-state index in [2.05, 4.69) is 10.5 Å². The van der Waals surface area contributed by atoms with E-state index in [9.17, 15) is 9.59 Å². The van der Waals surface area contributed by atoms with Crippen LogP contribution in [0.4, 0.5) is 5.82 Å². The largest absolute Gasteiger partial charge is 0.373 e. The molecule has 1 N–H and O–H groups in total. The molecule has 9 nitrogen and oxygen atoms in total. The van der Waals surface area contributed by atoms with Crippen LogP contribution in [0, 0.1) is 6.92 Å². The molecular weight excluding hydrogens is 408 g/mol. The lowest BCUT2D eigenvalue weighted by Gasteiger charge is -2.36. The van der Waals surface area contributed by atoms with E-state index in [1.165, 1.54) is 0 Å². The fourth-order valence-electron chi connectivity index (χ4n) is 4.70. The van der Waals surface area contributed by atoms with E-state index in [4.69, 9.17) is 14.5 Å². The minimum atomic E-state index is -0.226. The van der Waals surface area contributed by atoms with Gasteiger partial charge < -0.3 is 19.6 Å². The molecule has 0 unspecified atom stereocenters. The number of likely N-dealkylation sites (tertiary alicyclic amines) is 1. The van der Waals surface area contributed by atoms with E-state index in [0.717, 1.165) is 42.8 Å². The van der Waals surface area contributed by atoms with Crippen molar-refractivity contribution >= 4 is 17.6 Å². The molecule has 4 heterocycles. The van der Waals surface area contributed by atoms with E-state index in [-0.39, 0.29) is 23.8 Å². The second kappa shape index (κ2) is 8.88. The third-order valence-electron chi connectivity index (χ3n) is 6.48. The number of nitrogens with zero attached hydrogens (tertiary/aromatic N) is 5. The van der Waals surface area contributed by atoms with Crippen molar-refractivity contribution < 1.29 is 14.1 Å². The van der Waals surface area contributed by atoms with Gasteiger partial charge in [-0.3, -0.25) is 9.59 Å². The topological polar surface area (TPSA) is 104 Å². The molecule has 1 saturated heterocycles. The van der Waals surface area contributed by atoms with Crippen LogP contribution in [0.1, 0.15) is 90.9 Å². The summed E-state index contributed by atoms with van der Waals surface area (Å²) in [6.07, 6.45) is 3.45. The minimum absolute atomic E-state index is 0.0421. The highest BCUT2D eigenvalue weighted by atomic mass is 16.5. The quantitative estimate of drug-likeness (QED) is 0.778. The molecule has 0 spiro atoms. The van der Waals surface area contributed by atoms with Crippen molar-refractivity contribution in [3.8, 4) is 0 Å². The van der Waals surface area contributed by atoms with Crippen LogP contribution in [-0.2, 0) is 17.8 Å². The van der Waals surface area contributed by atoms with E-state index >= 15 is 0 Å². The monoisotopic (exact) mass is 440 g/mol. The number of amides is 2. The van der Waals surface area contributed by atoms with Gasteiger partial charge in [0, 0.05) is 32.6 Å². The molecular formula is C23H32N6O3. The van der Waals surface area contributed by atoms with Gasteiger partial charge in [-0.25, -0.2) is 9.97 Å². The Labute approximate surface area is 188 Å². The van der Waals surface area contributed by atoms with Crippen LogP contribution in [0.25, 0.3) is 0 Å². The van der Waals surface area contributed by atoms with Crippen molar-refractivity contribution in [3.05, 3.63) is 34.1 Å². The summed E-state index contributed by atoms with van der Waals surface area (Å²) in [5.41, 5.74) is 3.17. The number of aryl methyl sites for hydroxylation is 1. The smallest absolute Gasteiger partial charge is 0.260 e. The van der Waals surface area contributed by atoms with Gasteiger partial charge in [-0.15, -0.1) is 0 Å². The average molecular weight is 441 g/mol. The number of carbonyl (C=O) groups excluding carboxylic acids is 2. The number of aromatic nitrogens is 3. The summed E-state index contributed by atoms with van der Waals surface area (Å²) >= 11 is 0. The number of hydrogen-bond acceptors (Lipinski definition) is 7. The third-order valence-corrected chi connectivity index (χ3v) is 6.48. The Bertz CT molecular complexity index is 1030. The van der Waals surface area contributed by atoms with Gasteiger partial charge in [0.1, 0.15) is 17.1 Å². The molecule has 0 radical (unpaired) electrons. The molecule has 1 fully saturated rings. The van der Waals surface area contributed by atoms with E-state index in [1.54, 1.807) is 18.7 Å². The maximum Gasteiger partial charge on any atom is 0.260 e. The number of hydrogen-bond donors (Lipinski definition) is 1. The highest BCUT2D eigenvalue weighted by Crippen LogP contribution is 2.35. The molecule has 0 aromatic carbocycles. The first-order chi connectivity index (χ1) is 15.3. The molecule has 0 aliphatic carbocycles. The Kier molecular flexibility index (Phi) is 6.17. The maximum absolute atomic E-state index is 13.7. The van der Waals surface area contributed by atoms with Gasteiger partial charge >= 0.3 is 0 Å². The van der Waals surface area contributed by atoms with Crippen LogP contribution in [-0.4, -0.2) is 56.9 Å². The molecule has 2 aliphatic heterocycles. The highest BCUT2D eigenvalue weighted by molar-refractivity contribution is 5.96.